The van der Waals surface area contributed by atoms with Crippen LogP contribution in [0.4, 0.5) is 39.0 Å². The number of nitrogens with one attached hydrogen (secondary N) is 3. The van der Waals surface area contributed by atoms with E-state index in [9.17, 15) is 31.9 Å². The molecule has 0 spiro atoms. The van der Waals surface area contributed by atoms with Gasteiger partial charge in [-0.05, 0) is 55.0 Å². The summed E-state index contributed by atoms with van der Waals surface area (Å²) in [4.78, 5) is 37.9. The van der Waals surface area contributed by atoms with Gasteiger partial charge in [0.05, 0.1) is 27.2 Å². The third-order valence-corrected chi connectivity index (χ3v) is 8.07. The van der Waals surface area contributed by atoms with Crippen molar-refractivity contribution in [1.82, 2.24) is 0 Å². The van der Waals surface area contributed by atoms with Gasteiger partial charge in [0.1, 0.15) is 21.7 Å². The summed E-state index contributed by atoms with van der Waals surface area (Å²) in [5.41, 5.74) is -1.19. The molecule has 1 unspecified atom stereocenters. The molecule has 4 rings (SSSR count). The first-order valence-electron chi connectivity index (χ1n) is 12.4. The highest BCUT2D eigenvalue weighted by Crippen LogP contribution is 2.65. The summed E-state index contributed by atoms with van der Waals surface area (Å²) in [5, 5.41) is 6.39. The second-order valence-electron chi connectivity index (χ2n) is 9.84. The second-order valence-corrected chi connectivity index (χ2v) is 12.1. The number of hydrogen-bond donors (Lipinski definition) is 3. The Morgan fingerprint density at radius 3 is 2.21 bits per heavy atom. The summed E-state index contributed by atoms with van der Waals surface area (Å²) in [6, 6.07) is 9.31. The summed E-state index contributed by atoms with van der Waals surface area (Å²) >= 11 is 24.6. The number of halogens is 9. The molecule has 2 atom stereocenters. The van der Waals surface area contributed by atoms with Crippen LogP contribution in [-0.2, 0) is 9.59 Å². The monoisotopic (exact) mass is 681 g/mol. The van der Waals surface area contributed by atoms with Crippen molar-refractivity contribution in [2.45, 2.75) is 35.9 Å². The maximum Gasteiger partial charge on any atom is 0.257 e. The lowest BCUT2D eigenvalue weighted by Gasteiger charge is -2.14. The van der Waals surface area contributed by atoms with Crippen molar-refractivity contribution in [3.05, 3.63) is 87.2 Å². The molecule has 1 aliphatic carbocycles. The molecule has 1 fully saturated rings. The summed E-state index contributed by atoms with van der Waals surface area (Å²) in [6.45, 7) is 0.596. The standard InChI is InChI=1S/C28H20Cl4F5N3O3/c1-27(36,37)9-8-20(41)40-24-18(34)6-7-19(23(24)35)39-25(42)14-11-13(3-4-15(14)29)38-26(43)22-21(28(22,31)32)12-2-5-17(33)16(30)10-12/h2-7,10-11,21-22H,8-9H2,1H3,(H,38,43)(H,39,42)(H,40,41)/t21-,22?/m0/s1. The van der Waals surface area contributed by atoms with Crippen LogP contribution in [0.1, 0.15) is 41.6 Å². The zero-order valence-corrected chi connectivity index (χ0v) is 24.8. The van der Waals surface area contributed by atoms with Crippen LogP contribution in [-0.4, -0.2) is 28.0 Å². The molecule has 0 aliphatic heterocycles. The summed E-state index contributed by atoms with van der Waals surface area (Å²) < 4.78 is 67.4. The van der Waals surface area contributed by atoms with Crippen molar-refractivity contribution in [3.63, 3.8) is 0 Å². The lowest BCUT2D eigenvalue weighted by molar-refractivity contribution is -0.118. The number of benzene rings is 3. The van der Waals surface area contributed by atoms with Crippen LogP contribution >= 0.6 is 46.4 Å². The Bertz CT molecular complexity index is 1620. The van der Waals surface area contributed by atoms with E-state index in [-0.39, 0.29) is 21.3 Å². The van der Waals surface area contributed by atoms with E-state index in [1.807, 2.05) is 5.32 Å². The molecule has 43 heavy (non-hydrogen) atoms. The first-order valence-corrected chi connectivity index (χ1v) is 13.9. The van der Waals surface area contributed by atoms with Crippen molar-refractivity contribution < 1.29 is 36.3 Å². The molecule has 3 amide bonds. The van der Waals surface area contributed by atoms with Crippen LogP contribution in [0.2, 0.25) is 10.0 Å². The van der Waals surface area contributed by atoms with Crippen molar-refractivity contribution in [3.8, 4) is 0 Å². The summed E-state index contributed by atoms with van der Waals surface area (Å²) in [5.74, 6) is -10.7. The van der Waals surface area contributed by atoms with Crippen LogP contribution in [0, 0.1) is 23.4 Å². The number of rotatable bonds is 9. The molecule has 3 aromatic carbocycles. The molecule has 0 bridgehead atoms. The minimum Gasteiger partial charge on any atom is -0.326 e. The van der Waals surface area contributed by atoms with E-state index in [0.29, 0.717) is 12.5 Å². The van der Waals surface area contributed by atoms with Crippen LogP contribution in [0.25, 0.3) is 0 Å². The predicted molar refractivity (Wildman–Crippen MR) is 155 cm³/mol. The average Bonchev–Trinajstić information content (AvgIpc) is 3.50. The van der Waals surface area contributed by atoms with E-state index in [0.717, 1.165) is 18.2 Å². The Kier molecular flexibility index (Phi) is 9.51. The predicted octanol–water partition coefficient (Wildman–Crippen LogP) is 8.56. The highest BCUT2D eigenvalue weighted by molar-refractivity contribution is 6.53. The van der Waals surface area contributed by atoms with Gasteiger partial charge in [0, 0.05) is 24.4 Å². The van der Waals surface area contributed by atoms with Crippen molar-refractivity contribution >= 4 is 81.2 Å². The second kappa shape index (κ2) is 12.5. The fraction of sp³-hybridized carbons (Fsp3) is 0.250. The van der Waals surface area contributed by atoms with Gasteiger partial charge >= 0.3 is 0 Å². The Hall–Kier alpha value is -3.12. The lowest BCUT2D eigenvalue weighted by Crippen LogP contribution is -2.20. The molecule has 0 radical (unpaired) electrons. The summed E-state index contributed by atoms with van der Waals surface area (Å²) in [7, 11) is 0. The van der Waals surface area contributed by atoms with Crippen LogP contribution in [0.15, 0.2) is 48.5 Å². The number of carbonyl (C=O) groups excluding carboxylic acids is 3. The van der Waals surface area contributed by atoms with Gasteiger partial charge in [-0.15, -0.1) is 23.2 Å². The molecule has 0 heterocycles. The van der Waals surface area contributed by atoms with Crippen LogP contribution < -0.4 is 16.0 Å². The molecule has 15 heteroatoms. The van der Waals surface area contributed by atoms with Gasteiger partial charge in [0.2, 0.25) is 17.7 Å². The van der Waals surface area contributed by atoms with E-state index in [1.165, 1.54) is 30.3 Å². The van der Waals surface area contributed by atoms with Gasteiger partial charge in [0.15, 0.2) is 5.82 Å². The van der Waals surface area contributed by atoms with Gasteiger partial charge in [-0.1, -0.05) is 29.3 Å². The normalized spacial score (nSPS) is 17.3. The quantitative estimate of drug-likeness (QED) is 0.156. The Labute approximate surface area is 261 Å². The number of carbonyl (C=O) groups is 3. The lowest BCUT2D eigenvalue weighted by atomic mass is 10.1. The van der Waals surface area contributed by atoms with E-state index >= 15 is 4.39 Å². The molecule has 0 saturated heterocycles. The minimum atomic E-state index is -3.16. The van der Waals surface area contributed by atoms with Gasteiger partial charge < -0.3 is 16.0 Å². The van der Waals surface area contributed by atoms with Gasteiger partial charge in [-0.2, -0.15) is 0 Å². The maximum atomic E-state index is 15.0. The Morgan fingerprint density at radius 2 is 1.56 bits per heavy atom. The number of alkyl halides is 4. The van der Waals surface area contributed by atoms with E-state index < -0.39 is 81.5 Å². The molecule has 228 valence electrons. The largest absolute Gasteiger partial charge is 0.326 e. The maximum absolute atomic E-state index is 15.0. The number of hydrogen-bond acceptors (Lipinski definition) is 3. The van der Waals surface area contributed by atoms with Crippen LogP contribution in [0.3, 0.4) is 0 Å². The van der Waals surface area contributed by atoms with E-state index in [4.69, 9.17) is 46.4 Å². The Morgan fingerprint density at radius 1 is 0.884 bits per heavy atom. The number of anilines is 3. The van der Waals surface area contributed by atoms with Gasteiger partial charge in [-0.3, -0.25) is 14.4 Å². The molecule has 1 aliphatic rings. The number of amides is 3. The fourth-order valence-electron chi connectivity index (χ4n) is 4.26. The van der Waals surface area contributed by atoms with Gasteiger partial charge in [0.25, 0.3) is 5.91 Å². The average molecular weight is 683 g/mol. The van der Waals surface area contributed by atoms with Gasteiger partial charge in [-0.25, -0.2) is 22.0 Å². The smallest absolute Gasteiger partial charge is 0.257 e. The molecule has 1 saturated carbocycles. The third-order valence-electron chi connectivity index (χ3n) is 6.51. The first kappa shape index (κ1) is 32.8. The van der Waals surface area contributed by atoms with Crippen molar-refractivity contribution in [1.29, 1.82) is 0 Å². The topological polar surface area (TPSA) is 87.3 Å². The van der Waals surface area contributed by atoms with Crippen LogP contribution in [0.5, 0.6) is 0 Å². The molecule has 0 aromatic heterocycles. The third kappa shape index (κ3) is 7.52. The highest BCUT2D eigenvalue weighted by atomic mass is 35.5. The zero-order valence-electron chi connectivity index (χ0n) is 21.8. The zero-order chi connectivity index (χ0) is 31.9. The fourth-order valence-corrected chi connectivity index (χ4v) is 5.48. The van der Waals surface area contributed by atoms with E-state index in [1.54, 1.807) is 0 Å². The highest BCUT2D eigenvalue weighted by Gasteiger charge is 2.67. The van der Waals surface area contributed by atoms with Crippen molar-refractivity contribution in [2.24, 2.45) is 5.92 Å². The van der Waals surface area contributed by atoms with Crippen molar-refractivity contribution in [2.75, 3.05) is 16.0 Å². The first-order chi connectivity index (χ1) is 20.0. The molecule has 6 nitrogen and oxygen atoms in total. The molecule has 3 N–H and O–H groups in total. The molecular formula is C28H20Cl4F5N3O3. The molecule has 3 aromatic rings. The van der Waals surface area contributed by atoms with E-state index in [2.05, 4.69) is 10.6 Å². The Balaban J connectivity index is 1.48. The molecular weight excluding hydrogens is 663 g/mol. The SMILES string of the molecule is CC(F)(F)CCC(=O)Nc1c(F)ccc(NC(=O)c2cc(NC(=O)C3[C@H](c4ccc(F)c(Cl)c4)C3(Cl)Cl)ccc2Cl)c1F. The minimum absolute atomic E-state index is 0.0896. The summed E-state index contributed by atoms with van der Waals surface area (Å²) in [6.07, 6.45) is -1.55.